The zero-order valence-corrected chi connectivity index (χ0v) is 17.4. The summed E-state index contributed by atoms with van der Waals surface area (Å²) >= 11 is 13.2. The van der Waals surface area contributed by atoms with E-state index < -0.39 is 11.7 Å². The Bertz CT molecular complexity index is 1070. The van der Waals surface area contributed by atoms with Crippen LogP contribution in [0.3, 0.4) is 0 Å². The first-order valence-electron chi connectivity index (χ1n) is 8.06. The van der Waals surface area contributed by atoms with Crippen LogP contribution in [0.2, 0.25) is 10.0 Å². The van der Waals surface area contributed by atoms with Crippen LogP contribution >= 0.6 is 34.5 Å². The molecule has 0 amide bonds. The lowest BCUT2D eigenvalue weighted by Gasteiger charge is -2.17. The molecule has 0 aliphatic heterocycles. The molecule has 10 heteroatoms. The van der Waals surface area contributed by atoms with Crippen molar-refractivity contribution in [2.75, 3.05) is 0 Å². The third-order valence-corrected chi connectivity index (χ3v) is 5.36. The monoisotopic (exact) mass is 446 g/mol. The highest BCUT2D eigenvalue weighted by atomic mass is 35.5. The molecule has 1 aromatic carbocycles. The predicted octanol–water partition coefficient (Wildman–Crippen LogP) is 6.10. The van der Waals surface area contributed by atoms with Crippen LogP contribution in [0.5, 0.6) is 0 Å². The van der Waals surface area contributed by atoms with Gasteiger partial charge in [-0.25, -0.2) is 4.68 Å². The van der Waals surface area contributed by atoms with Crippen LogP contribution in [0.4, 0.5) is 13.2 Å². The van der Waals surface area contributed by atoms with Gasteiger partial charge in [0, 0.05) is 22.9 Å². The number of pyridine rings is 1. The van der Waals surface area contributed by atoms with Gasteiger partial charge in [0.15, 0.2) is 0 Å². The first kappa shape index (κ1) is 20.8. The van der Waals surface area contributed by atoms with Crippen molar-refractivity contribution in [1.82, 2.24) is 14.8 Å². The molecule has 0 saturated heterocycles. The van der Waals surface area contributed by atoms with Gasteiger partial charge in [-0.2, -0.15) is 18.3 Å². The maximum Gasteiger partial charge on any atom is 0.416 e. The number of nitrogens with one attached hydrogen (secondary N) is 1. The number of aromatic nitrogens is 3. The minimum atomic E-state index is -4.58. The molecule has 1 N–H and O–H groups in total. The highest BCUT2D eigenvalue weighted by Gasteiger charge is 2.32. The van der Waals surface area contributed by atoms with Gasteiger partial charge in [-0.05, 0) is 24.3 Å². The van der Waals surface area contributed by atoms with Crippen molar-refractivity contribution in [2.45, 2.75) is 32.4 Å². The van der Waals surface area contributed by atoms with Crippen LogP contribution < -0.4 is 4.80 Å². The zero-order valence-electron chi connectivity index (χ0n) is 15.0. The van der Waals surface area contributed by atoms with Gasteiger partial charge in [-0.1, -0.05) is 55.3 Å². The molecule has 0 radical (unpaired) electrons. The summed E-state index contributed by atoms with van der Waals surface area (Å²) in [6, 6.07) is 5.18. The minimum Gasteiger partial charge on any atom is -0.273 e. The summed E-state index contributed by atoms with van der Waals surface area (Å²) in [7, 11) is 0. The first-order valence-corrected chi connectivity index (χ1v) is 9.63. The van der Waals surface area contributed by atoms with Gasteiger partial charge in [0.05, 0.1) is 15.6 Å². The molecule has 3 rings (SSSR count). The van der Waals surface area contributed by atoms with E-state index in [9.17, 15) is 13.2 Å². The van der Waals surface area contributed by atoms with E-state index in [1.807, 2.05) is 26.8 Å². The summed E-state index contributed by atoms with van der Waals surface area (Å²) in [5, 5.41) is 12.6. The fourth-order valence-electron chi connectivity index (χ4n) is 2.46. The molecule has 0 aliphatic carbocycles. The van der Waals surface area contributed by atoms with Crippen molar-refractivity contribution in [1.29, 1.82) is 5.41 Å². The molecule has 148 valence electrons. The Hall–Kier alpha value is -1.90. The largest absolute Gasteiger partial charge is 0.416 e. The number of rotatable bonds is 2. The highest BCUT2D eigenvalue weighted by Crippen LogP contribution is 2.37. The lowest BCUT2D eigenvalue weighted by atomic mass is 9.91. The van der Waals surface area contributed by atoms with Gasteiger partial charge < -0.3 is 0 Å². The molecule has 0 fully saturated rings. The lowest BCUT2D eigenvalue weighted by molar-refractivity contribution is -0.137. The van der Waals surface area contributed by atoms with E-state index >= 15 is 0 Å². The van der Waals surface area contributed by atoms with Crippen LogP contribution in [0.25, 0.3) is 16.3 Å². The Morgan fingerprint density at radius 3 is 2.21 bits per heavy atom. The van der Waals surface area contributed by atoms with E-state index in [2.05, 4.69) is 10.1 Å². The van der Waals surface area contributed by atoms with Gasteiger partial charge in [0.2, 0.25) is 4.80 Å². The fraction of sp³-hybridized carbons (Fsp3) is 0.278. The molecule has 0 bridgehead atoms. The molecule has 2 heterocycles. The number of nitrogens with zero attached hydrogens (tertiary/aromatic N) is 3. The second kappa shape index (κ2) is 7.17. The zero-order chi connectivity index (χ0) is 20.9. The van der Waals surface area contributed by atoms with Gasteiger partial charge in [0.1, 0.15) is 10.7 Å². The molecular weight excluding hydrogens is 432 g/mol. The van der Waals surface area contributed by atoms with E-state index in [0.717, 1.165) is 39.4 Å². The van der Waals surface area contributed by atoms with Gasteiger partial charge in [0.25, 0.3) is 0 Å². The van der Waals surface area contributed by atoms with E-state index in [4.69, 9.17) is 28.6 Å². The Morgan fingerprint density at radius 2 is 1.68 bits per heavy atom. The quantitative estimate of drug-likeness (QED) is 0.516. The van der Waals surface area contributed by atoms with Crippen molar-refractivity contribution in [2.24, 2.45) is 0 Å². The summed E-state index contributed by atoms with van der Waals surface area (Å²) in [6.07, 6.45) is -2.92. The second-order valence-corrected chi connectivity index (χ2v) is 8.88. The molecule has 4 nitrogen and oxygen atoms in total. The van der Waals surface area contributed by atoms with Crippen molar-refractivity contribution in [3.05, 3.63) is 56.6 Å². The van der Waals surface area contributed by atoms with E-state index in [0.29, 0.717) is 5.01 Å². The third-order valence-electron chi connectivity index (χ3n) is 3.91. The average molecular weight is 447 g/mol. The van der Waals surface area contributed by atoms with Crippen LogP contribution in [0.15, 0.2) is 30.5 Å². The first-order chi connectivity index (χ1) is 12.9. The number of alkyl halides is 3. The normalized spacial score (nSPS) is 12.4. The summed E-state index contributed by atoms with van der Waals surface area (Å²) in [6.45, 7) is 6.08. The van der Waals surface area contributed by atoms with Gasteiger partial charge in [-0.15, -0.1) is 0 Å². The van der Waals surface area contributed by atoms with Gasteiger partial charge >= 0.3 is 6.18 Å². The predicted molar refractivity (Wildman–Crippen MR) is 104 cm³/mol. The molecule has 0 spiro atoms. The molecule has 0 unspecified atom stereocenters. The van der Waals surface area contributed by atoms with Crippen LogP contribution in [-0.2, 0) is 11.6 Å². The molecule has 2 aromatic heterocycles. The standard InChI is InChI=1S/C18H15Cl2F3N4S/c1-17(2,3)13-6-9(4-5-25-13)15-26-27(16(24)28-15)14-11(19)7-10(8-12(14)20)18(21,22)23/h4-8,24H,1-3H3. The highest BCUT2D eigenvalue weighted by molar-refractivity contribution is 7.12. The molecule has 3 aromatic rings. The Kier molecular flexibility index (Phi) is 5.33. The molecule has 0 saturated carbocycles. The Labute approximate surface area is 173 Å². The number of hydrogen-bond donors (Lipinski definition) is 1. The Morgan fingerprint density at radius 1 is 1.07 bits per heavy atom. The maximum atomic E-state index is 12.9. The topological polar surface area (TPSA) is 54.6 Å². The summed E-state index contributed by atoms with van der Waals surface area (Å²) < 4.78 is 40.0. The van der Waals surface area contributed by atoms with Crippen molar-refractivity contribution >= 4 is 34.5 Å². The number of hydrogen-bond acceptors (Lipinski definition) is 4. The third kappa shape index (κ3) is 4.09. The average Bonchev–Trinajstić information content (AvgIpc) is 2.94. The van der Waals surface area contributed by atoms with Crippen LogP contribution in [0.1, 0.15) is 32.0 Å². The lowest BCUT2D eigenvalue weighted by Crippen LogP contribution is -2.15. The SMILES string of the molecule is CC(C)(C)c1cc(-c2nn(-c3c(Cl)cc(C(F)(F)F)cc3Cl)c(=N)s2)ccn1. The van der Waals surface area contributed by atoms with Crippen molar-refractivity contribution in [3.63, 3.8) is 0 Å². The van der Waals surface area contributed by atoms with E-state index in [1.54, 1.807) is 12.3 Å². The van der Waals surface area contributed by atoms with Crippen LogP contribution in [0, 0.1) is 5.41 Å². The second-order valence-electron chi connectivity index (χ2n) is 7.09. The van der Waals surface area contributed by atoms with Gasteiger partial charge in [-0.3, -0.25) is 10.4 Å². The van der Waals surface area contributed by atoms with Crippen molar-refractivity contribution < 1.29 is 13.2 Å². The van der Waals surface area contributed by atoms with Crippen molar-refractivity contribution in [3.8, 4) is 16.3 Å². The Balaban J connectivity index is 2.11. The van der Waals surface area contributed by atoms with E-state index in [1.165, 1.54) is 0 Å². The summed E-state index contributed by atoms with van der Waals surface area (Å²) in [5.74, 6) is 0. The molecule has 28 heavy (non-hydrogen) atoms. The maximum absolute atomic E-state index is 12.9. The smallest absolute Gasteiger partial charge is 0.273 e. The number of halogens is 5. The minimum absolute atomic E-state index is 0.0207. The van der Waals surface area contributed by atoms with Crippen LogP contribution in [-0.4, -0.2) is 14.8 Å². The molecule has 0 atom stereocenters. The summed E-state index contributed by atoms with van der Waals surface area (Å²) in [4.78, 5) is 4.34. The van der Waals surface area contributed by atoms with E-state index in [-0.39, 0.29) is 25.9 Å². The number of benzene rings is 1. The molecular formula is C18H15Cl2F3N4S. The summed E-state index contributed by atoms with van der Waals surface area (Å²) in [5.41, 5.74) is 0.500. The molecule has 0 aliphatic rings. The fourth-order valence-corrected chi connectivity index (χ4v) is 3.88.